The first-order chi connectivity index (χ1) is 13.7. The Labute approximate surface area is 167 Å². The van der Waals surface area contributed by atoms with Crippen LogP contribution in [0.15, 0.2) is 36.7 Å². The first-order valence-electron chi connectivity index (χ1n) is 8.34. The number of aryl methyl sites for hydroxylation is 2. The van der Waals surface area contributed by atoms with Gasteiger partial charge in [-0.15, -0.1) is 11.3 Å². The van der Waals surface area contributed by atoms with Gasteiger partial charge in [-0.2, -0.15) is 0 Å². The highest BCUT2D eigenvalue weighted by Crippen LogP contribution is 2.23. The Morgan fingerprint density at radius 3 is 2.38 bits per heavy atom. The minimum absolute atomic E-state index is 0.00917. The molecule has 29 heavy (non-hydrogen) atoms. The van der Waals surface area contributed by atoms with Gasteiger partial charge in [-0.1, -0.05) is 0 Å². The Morgan fingerprint density at radius 2 is 1.79 bits per heavy atom. The molecule has 2 N–H and O–H groups in total. The molecule has 0 radical (unpaired) electrons. The summed E-state index contributed by atoms with van der Waals surface area (Å²) >= 11 is 1.20. The van der Waals surface area contributed by atoms with Crippen LogP contribution in [0.2, 0.25) is 0 Å². The van der Waals surface area contributed by atoms with Gasteiger partial charge in [-0.25, -0.2) is 23.1 Å². The number of amides is 2. The van der Waals surface area contributed by atoms with Crippen LogP contribution in [0.1, 0.15) is 42.6 Å². The Morgan fingerprint density at radius 1 is 1.03 bits per heavy atom. The molecule has 0 spiro atoms. The monoisotopic (exact) mass is 420 g/mol. The lowest BCUT2D eigenvalue weighted by Crippen LogP contribution is -2.17. The van der Waals surface area contributed by atoms with Crippen molar-refractivity contribution in [2.24, 2.45) is 0 Å². The molecule has 10 heteroatoms. The van der Waals surface area contributed by atoms with Crippen molar-refractivity contribution < 1.29 is 22.8 Å². The van der Waals surface area contributed by atoms with Gasteiger partial charge in [-0.3, -0.25) is 9.59 Å². The molecule has 0 aliphatic carbocycles. The topological polar surface area (TPSA) is 84.0 Å². The first kappa shape index (κ1) is 20.5. The molecule has 3 rings (SSSR count). The van der Waals surface area contributed by atoms with Crippen LogP contribution >= 0.6 is 11.3 Å². The van der Waals surface area contributed by atoms with E-state index in [1.165, 1.54) is 29.7 Å². The molecule has 0 saturated heterocycles. The number of anilines is 2. The number of benzene rings is 1. The maximum atomic E-state index is 14.3. The molecular formula is C19H15F3N4O2S. The average molecular weight is 420 g/mol. The van der Waals surface area contributed by atoms with Crippen molar-refractivity contribution in [3.8, 4) is 0 Å². The predicted octanol–water partition coefficient (Wildman–Crippen LogP) is 4.74. The highest BCUT2D eigenvalue weighted by molar-refractivity contribution is 7.13. The summed E-state index contributed by atoms with van der Waals surface area (Å²) in [7, 11) is 0. The van der Waals surface area contributed by atoms with E-state index in [2.05, 4.69) is 20.6 Å². The summed E-state index contributed by atoms with van der Waals surface area (Å²) in [6, 6.07) is 4.64. The zero-order valence-corrected chi connectivity index (χ0v) is 16.1. The van der Waals surface area contributed by atoms with E-state index < -0.39 is 24.1 Å². The molecule has 0 fully saturated rings. The summed E-state index contributed by atoms with van der Waals surface area (Å²) in [4.78, 5) is 32.8. The van der Waals surface area contributed by atoms with Crippen molar-refractivity contribution in [3.05, 3.63) is 69.1 Å². The van der Waals surface area contributed by atoms with Crippen LogP contribution in [0.4, 0.5) is 24.7 Å². The summed E-state index contributed by atoms with van der Waals surface area (Å²) < 4.78 is 39.5. The number of carbonyl (C=O) groups excluding carboxylic acids is 2. The van der Waals surface area contributed by atoms with Crippen LogP contribution in [0, 0.1) is 19.7 Å². The molecule has 0 bridgehead atoms. The largest absolute Gasteiger partial charge is 0.321 e. The molecule has 6 nitrogen and oxygen atoms in total. The molecule has 150 valence electrons. The lowest BCUT2D eigenvalue weighted by atomic mass is 10.1. The second kappa shape index (κ2) is 8.39. The van der Waals surface area contributed by atoms with Gasteiger partial charge in [0, 0.05) is 17.4 Å². The van der Waals surface area contributed by atoms with Crippen LogP contribution < -0.4 is 10.6 Å². The number of hydrogen-bond acceptors (Lipinski definition) is 5. The van der Waals surface area contributed by atoms with E-state index in [4.69, 9.17) is 0 Å². The number of hydrogen-bond donors (Lipinski definition) is 2. The average Bonchev–Trinajstić information content (AvgIpc) is 3.10. The van der Waals surface area contributed by atoms with Crippen molar-refractivity contribution in [1.82, 2.24) is 9.97 Å². The fraction of sp³-hybridized carbons (Fsp3) is 0.158. The Kier molecular flexibility index (Phi) is 5.92. The van der Waals surface area contributed by atoms with Crippen molar-refractivity contribution in [2.75, 3.05) is 10.6 Å². The van der Waals surface area contributed by atoms with Gasteiger partial charge >= 0.3 is 0 Å². The van der Waals surface area contributed by atoms with Gasteiger partial charge in [0.25, 0.3) is 18.2 Å². The number of thiazole rings is 1. The number of pyridine rings is 1. The molecule has 2 heterocycles. The molecule has 0 aliphatic rings. The number of carbonyl (C=O) groups is 2. The van der Waals surface area contributed by atoms with Gasteiger partial charge in [-0.05, 0) is 43.7 Å². The minimum Gasteiger partial charge on any atom is -0.321 e. The van der Waals surface area contributed by atoms with Crippen LogP contribution in [0.5, 0.6) is 0 Å². The quantitative estimate of drug-likeness (QED) is 0.625. The number of nitrogens with zero attached hydrogens (tertiary/aromatic N) is 2. The molecule has 0 aliphatic heterocycles. The smallest absolute Gasteiger partial charge is 0.267 e. The number of aromatic nitrogens is 2. The zero-order chi connectivity index (χ0) is 21.1. The summed E-state index contributed by atoms with van der Waals surface area (Å²) in [5.41, 5.74) is 0.0561. The highest BCUT2D eigenvalue weighted by atomic mass is 32.1. The first-order valence-corrected chi connectivity index (χ1v) is 9.15. The second-order valence-corrected chi connectivity index (χ2v) is 7.31. The van der Waals surface area contributed by atoms with Gasteiger partial charge in [0.05, 0.1) is 16.8 Å². The lowest BCUT2D eigenvalue weighted by Gasteiger charge is -2.11. The van der Waals surface area contributed by atoms with E-state index in [-0.39, 0.29) is 22.6 Å². The third-order valence-electron chi connectivity index (χ3n) is 3.93. The van der Waals surface area contributed by atoms with Crippen LogP contribution in [-0.2, 0) is 0 Å². The Balaban J connectivity index is 1.80. The molecule has 0 saturated carbocycles. The van der Waals surface area contributed by atoms with E-state index in [1.54, 1.807) is 13.8 Å². The van der Waals surface area contributed by atoms with E-state index >= 15 is 0 Å². The number of nitrogens with one attached hydrogen (secondary N) is 2. The minimum atomic E-state index is -2.68. The lowest BCUT2D eigenvalue weighted by molar-refractivity contribution is 0.101. The maximum absolute atomic E-state index is 14.3. The van der Waals surface area contributed by atoms with Crippen molar-refractivity contribution in [3.63, 3.8) is 0 Å². The molecule has 2 amide bonds. The summed E-state index contributed by atoms with van der Waals surface area (Å²) in [5.74, 6) is -2.06. The molecule has 3 aromatic rings. The molecular weight excluding hydrogens is 405 g/mol. The third kappa shape index (κ3) is 4.77. The number of halogens is 3. The zero-order valence-electron chi connectivity index (χ0n) is 15.3. The highest BCUT2D eigenvalue weighted by Gasteiger charge is 2.18. The number of rotatable bonds is 5. The van der Waals surface area contributed by atoms with Crippen LogP contribution in [-0.4, -0.2) is 21.8 Å². The van der Waals surface area contributed by atoms with E-state index in [9.17, 15) is 22.8 Å². The molecule has 0 unspecified atom stereocenters. The number of alkyl halides is 2. The van der Waals surface area contributed by atoms with Crippen LogP contribution in [0.25, 0.3) is 0 Å². The molecule has 0 atom stereocenters. The van der Waals surface area contributed by atoms with Gasteiger partial charge in [0.1, 0.15) is 16.5 Å². The standard InChI is InChI=1S/C19H15F3N4O2S/c1-9-5-13(20)12(6-14(9)25-19(28)15-8-23-10(2)29-15)18(27)26-16-4-3-11(7-24-16)17(21)22/h3-8,17H,1-2H3,(H,25,28)(H,24,26,27). The van der Waals surface area contributed by atoms with Crippen molar-refractivity contribution in [2.45, 2.75) is 20.3 Å². The van der Waals surface area contributed by atoms with Gasteiger partial charge < -0.3 is 10.6 Å². The summed E-state index contributed by atoms with van der Waals surface area (Å²) in [6.07, 6.45) is -0.333. The molecule has 2 aromatic heterocycles. The van der Waals surface area contributed by atoms with E-state index in [0.717, 1.165) is 23.3 Å². The third-order valence-corrected chi connectivity index (χ3v) is 4.84. The van der Waals surface area contributed by atoms with Crippen molar-refractivity contribution in [1.29, 1.82) is 0 Å². The summed E-state index contributed by atoms with van der Waals surface area (Å²) in [5, 5.41) is 5.70. The van der Waals surface area contributed by atoms with E-state index in [1.807, 2.05) is 0 Å². The van der Waals surface area contributed by atoms with Crippen LogP contribution in [0.3, 0.4) is 0 Å². The van der Waals surface area contributed by atoms with Gasteiger partial charge in [0.2, 0.25) is 0 Å². The normalized spacial score (nSPS) is 10.8. The van der Waals surface area contributed by atoms with Crippen molar-refractivity contribution >= 4 is 34.7 Å². The predicted molar refractivity (Wildman–Crippen MR) is 103 cm³/mol. The maximum Gasteiger partial charge on any atom is 0.267 e. The second-order valence-electron chi connectivity index (χ2n) is 6.08. The SMILES string of the molecule is Cc1ncc(C(=O)Nc2cc(C(=O)Nc3ccc(C(F)F)cn3)c(F)cc2C)s1. The fourth-order valence-corrected chi connectivity index (χ4v) is 3.10. The van der Waals surface area contributed by atoms with E-state index in [0.29, 0.717) is 10.4 Å². The van der Waals surface area contributed by atoms with Gasteiger partial charge in [0.15, 0.2) is 0 Å². The fourth-order valence-electron chi connectivity index (χ4n) is 2.42. The summed E-state index contributed by atoms with van der Waals surface area (Å²) in [6.45, 7) is 3.35. The molecule has 1 aromatic carbocycles. The Hall–Kier alpha value is -3.27. The Bertz CT molecular complexity index is 1070.